The molecule has 0 heterocycles. The Labute approximate surface area is 94.5 Å². The van der Waals surface area contributed by atoms with Crippen LogP contribution in [0.15, 0.2) is 0 Å². The third-order valence-corrected chi connectivity index (χ3v) is 2.71. The molecule has 16 heavy (non-hydrogen) atoms. The molecule has 1 fully saturated rings. The van der Waals surface area contributed by atoms with Gasteiger partial charge in [-0.05, 0) is 39.5 Å². The molecule has 1 rings (SSSR count). The summed E-state index contributed by atoms with van der Waals surface area (Å²) in [6.45, 7) is 5.57. The Hall–Kier alpha value is -0.870. The molecule has 1 aliphatic rings. The van der Waals surface area contributed by atoms with Gasteiger partial charge in [0.15, 0.2) is 0 Å². The lowest BCUT2D eigenvalue weighted by molar-refractivity contribution is -0.0130. The maximum atomic E-state index is 12.4. The summed E-state index contributed by atoms with van der Waals surface area (Å²) in [6.07, 6.45) is -1.50. The molecule has 1 aliphatic carbocycles. The van der Waals surface area contributed by atoms with E-state index in [4.69, 9.17) is 4.74 Å². The Bertz CT molecular complexity index is 251. The van der Waals surface area contributed by atoms with Crippen molar-refractivity contribution in [1.29, 1.82) is 0 Å². The minimum atomic E-state index is -2.28. The van der Waals surface area contributed by atoms with E-state index >= 15 is 0 Å². The van der Waals surface area contributed by atoms with Gasteiger partial charge in [-0.1, -0.05) is 0 Å². The van der Waals surface area contributed by atoms with Crippen LogP contribution in [0.3, 0.4) is 0 Å². The number of amides is 1. The number of alkyl carbamates (subject to hydrolysis) is 1. The molecule has 1 amide bonds. The molecule has 0 aromatic rings. The summed E-state index contributed by atoms with van der Waals surface area (Å²) in [5.74, 6) is -0.664. The zero-order chi connectivity index (χ0) is 12.3. The molecule has 0 aromatic carbocycles. The van der Waals surface area contributed by atoms with Crippen molar-refractivity contribution in [2.24, 2.45) is 11.8 Å². The first-order chi connectivity index (χ1) is 7.29. The number of alkyl halides is 2. The van der Waals surface area contributed by atoms with Gasteiger partial charge in [0.05, 0.1) is 0 Å². The van der Waals surface area contributed by atoms with E-state index in [-0.39, 0.29) is 12.5 Å². The van der Waals surface area contributed by atoms with Crippen LogP contribution < -0.4 is 5.32 Å². The fourth-order valence-corrected chi connectivity index (χ4v) is 1.71. The zero-order valence-electron chi connectivity index (χ0n) is 9.93. The molecule has 3 nitrogen and oxygen atoms in total. The number of halogens is 2. The smallest absolute Gasteiger partial charge is 0.407 e. The number of carbonyl (C=O) groups excluding carboxylic acids is 1. The van der Waals surface area contributed by atoms with E-state index in [0.29, 0.717) is 6.42 Å². The van der Waals surface area contributed by atoms with E-state index in [2.05, 4.69) is 5.32 Å². The number of nitrogens with one attached hydrogen (secondary N) is 1. The molecule has 0 bridgehead atoms. The second-order valence-electron chi connectivity index (χ2n) is 5.22. The van der Waals surface area contributed by atoms with Crippen molar-refractivity contribution in [3.05, 3.63) is 0 Å². The normalized spacial score (nSPS) is 25.1. The summed E-state index contributed by atoms with van der Waals surface area (Å²) in [5.41, 5.74) is -0.550. The van der Waals surface area contributed by atoms with Crippen LogP contribution in [0.5, 0.6) is 0 Å². The first kappa shape index (κ1) is 13.2. The Morgan fingerprint density at radius 1 is 1.44 bits per heavy atom. The van der Waals surface area contributed by atoms with Gasteiger partial charge in [0.25, 0.3) is 0 Å². The van der Waals surface area contributed by atoms with Crippen molar-refractivity contribution < 1.29 is 18.3 Å². The predicted octanol–water partition coefficient (Wildman–Crippen LogP) is 2.80. The second kappa shape index (κ2) is 4.97. The van der Waals surface area contributed by atoms with Gasteiger partial charge in [0.2, 0.25) is 6.43 Å². The molecule has 5 heteroatoms. The number of rotatable bonds is 3. The Morgan fingerprint density at radius 3 is 2.44 bits per heavy atom. The highest BCUT2D eigenvalue weighted by atomic mass is 19.3. The van der Waals surface area contributed by atoms with Crippen molar-refractivity contribution in [2.75, 3.05) is 6.54 Å². The third-order valence-electron chi connectivity index (χ3n) is 2.71. The summed E-state index contributed by atoms with van der Waals surface area (Å²) in [6, 6.07) is 0. The highest BCUT2D eigenvalue weighted by molar-refractivity contribution is 5.67. The van der Waals surface area contributed by atoms with Gasteiger partial charge in [0, 0.05) is 12.5 Å². The highest BCUT2D eigenvalue weighted by Crippen LogP contribution is 2.38. The van der Waals surface area contributed by atoms with Crippen LogP contribution in [0, 0.1) is 11.8 Å². The quantitative estimate of drug-likeness (QED) is 0.816. The molecular weight excluding hydrogens is 216 g/mol. The lowest BCUT2D eigenvalue weighted by atomic mass is 9.74. The molecule has 1 N–H and O–H groups in total. The molecule has 1 saturated carbocycles. The van der Waals surface area contributed by atoms with Gasteiger partial charge >= 0.3 is 6.09 Å². The number of ether oxygens (including phenoxy) is 1. The van der Waals surface area contributed by atoms with Gasteiger partial charge in [-0.25, -0.2) is 13.6 Å². The fraction of sp³-hybridized carbons (Fsp3) is 0.909. The lowest BCUT2D eigenvalue weighted by Gasteiger charge is -2.36. The fourth-order valence-electron chi connectivity index (χ4n) is 1.71. The van der Waals surface area contributed by atoms with Gasteiger partial charge in [-0.15, -0.1) is 0 Å². The van der Waals surface area contributed by atoms with Gasteiger partial charge < -0.3 is 10.1 Å². The molecule has 0 radical (unpaired) electrons. The van der Waals surface area contributed by atoms with Gasteiger partial charge in [0.1, 0.15) is 5.60 Å². The first-order valence-corrected chi connectivity index (χ1v) is 5.54. The Kier molecular flexibility index (Phi) is 4.10. The lowest BCUT2D eigenvalue weighted by Crippen LogP contribution is -2.42. The van der Waals surface area contributed by atoms with Crippen molar-refractivity contribution in [3.8, 4) is 0 Å². The van der Waals surface area contributed by atoms with Crippen LogP contribution in [-0.2, 0) is 4.74 Å². The topological polar surface area (TPSA) is 38.3 Å². The molecular formula is C11H19F2NO2. The van der Waals surface area contributed by atoms with Crippen molar-refractivity contribution in [1.82, 2.24) is 5.32 Å². The molecule has 0 unspecified atom stereocenters. The SMILES string of the molecule is CC(C)(C)OC(=O)NC[C@H]1CC[C@H]1C(F)F. The molecule has 94 valence electrons. The third kappa shape index (κ3) is 3.94. The standard InChI is InChI=1S/C11H19F2NO2/c1-11(2,3)16-10(15)14-6-7-4-5-8(7)9(12)13/h7-9H,4-6H2,1-3H3,(H,14,15)/t7-,8-/m1/s1. The first-order valence-electron chi connectivity index (χ1n) is 5.54. The molecule has 0 aliphatic heterocycles. The minimum absolute atomic E-state index is 0.104. The Morgan fingerprint density at radius 2 is 2.06 bits per heavy atom. The molecule has 0 saturated heterocycles. The van der Waals surface area contributed by atoms with Crippen molar-refractivity contribution in [2.45, 2.75) is 45.6 Å². The van der Waals surface area contributed by atoms with E-state index < -0.39 is 24.0 Å². The molecule has 0 spiro atoms. The summed E-state index contributed by atoms with van der Waals surface area (Å²) in [5, 5.41) is 2.53. The summed E-state index contributed by atoms with van der Waals surface area (Å²) in [7, 11) is 0. The van der Waals surface area contributed by atoms with E-state index in [0.717, 1.165) is 6.42 Å². The van der Waals surface area contributed by atoms with Crippen molar-refractivity contribution >= 4 is 6.09 Å². The number of hydrogen-bond acceptors (Lipinski definition) is 2. The van der Waals surface area contributed by atoms with Crippen LogP contribution in [0.2, 0.25) is 0 Å². The summed E-state index contributed by atoms with van der Waals surface area (Å²) >= 11 is 0. The maximum Gasteiger partial charge on any atom is 0.407 e. The monoisotopic (exact) mass is 235 g/mol. The summed E-state index contributed by atoms with van der Waals surface area (Å²) in [4.78, 5) is 11.3. The van der Waals surface area contributed by atoms with E-state index in [1.807, 2.05) is 0 Å². The average molecular weight is 235 g/mol. The van der Waals surface area contributed by atoms with Crippen LogP contribution >= 0.6 is 0 Å². The van der Waals surface area contributed by atoms with Crippen molar-refractivity contribution in [3.63, 3.8) is 0 Å². The van der Waals surface area contributed by atoms with Crippen LogP contribution in [-0.4, -0.2) is 24.7 Å². The average Bonchev–Trinajstić information content (AvgIpc) is 1.96. The van der Waals surface area contributed by atoms with Crippen LogP contribution in [0.1, 0.15) is 33.6 Å². The largest absolute Gasteiger partial charge is 0.444 e. The number of hydrogen-bond donors (Lipinski definition) is 1. The van der Waals surface area contributed by atoms with Gasteiger partial charge in [-0.3, -0.25) is 0 Å². The van der Waals surface area contributed by atoms with Crippen LogP contribution in [0.4, 0.5) is 13.6 Å². The van der Waals surface area contributed by atoms with E-state index in [1.54, 1.807) is 20.8 Å². The van der Waals surface area contributed by atoms with Gasteiger partial charge in [-0.2, -0.15) is 0 Å². The van der Waals surface area contributed by atoms with E-state index in [9.17, 15) is 13.6 Å². The predicted molar refractivity (Wildman–Crippen MR) is 56.5 cm³/mol. The second-order valence-corrected chi connectivity index (χ2v) is 5.22. The Balaban J connectivity index is 2.23. The van der Waals surface area contributed by atoms with E-state index in [1.165, 1.54) is 0 Å². The maximum absolute atomic E-state index is 12.4. The zero-order valence-corrected chi connectivity index (χ0v) is 9.93. The molecule has 2 atom stereocenters. The van der Waals surface area contributed by atoms with Crippen LogP contribution in [0.25, 0.3) is 0 Å². The minimum Gasteiger partial charge on any atom is -0.444 e. The number of carbonyl (C=O) groups is 1. The molecule has 0 aromatic heterocycles. The highest BCUT2D eigenvalue weighted by Gasteiger charge is 2.37. The summed E-state index contributed by atoms with van der Waals surface area (Å²) < 4.78 is 29.8.